The van der Waals surface area contributed by atoms with E-state index < -0.39 is 0 Å². The minimum atomic E-state index is 0.0878. The van der Waals surface area contributed by atoms with Gasteiger partial charge in [0.15, 0.2) is 0 Å². The molecule has 0 bridgehead atoms. The van der Waals surface area contributed by atoms with Crippen LogP contribution in [0.4, 0.5) is 0 Å². The summed E-state index contributed by atoms with van der Waals surface area (Å²) in [4.78, 5) is 17.5. The first-order chi connectivity index (χ1) is 12.0. The lowest BCUT2D eigenvalue weighted by molar-refractivity contribution is 0.0678. The fourth-order valence-corrected chi connectivity index (χ4v) is 3.84. The Labute approximate surface area is 150 Å². The molecule has 25 heavy (non-hydrogen) atoms. The van der Waals surface area contributed by atoms with Gasteiger partial charge < -0.3 is 4.90 Å². The second-order valence-electron chi connectivity index (χ2n) is 6.91. The van der Waals surface area contributed by atoms with Gasteiger partial charge in [-0.25, -0.2) is 0 Å². The Morgan fingerprint density at radius 3 is 2.68 bits per heavy atom. The van der Waals surface area contributed by atoms with Crippen molar-refractivity contribution in [3.63, 3.8) is 0 Å². The van der Waals surface area contributed by atoms with Crippen molar-refractivity contribution in [1.29, 1.82) is 0 Å². The highest BCUT2D eigenvalue weighted by atomic mass is 16.2. The summed E-state index contributed by atoms with van der Waals surface area (Å²) >= 11 is 0. The molecule has 1 amide bonds. The van der Waals surface area contributed by atoms with E-state index in [9.17, 15) is 4.79 Å². The Morgan fingerprint density at radius 2 is 2.08 bits per heavy atom. The highest BCUT2D eigenvalue weighted by molar-refractivity contribution is 5.93. The van der Waals surface area contributed by atoms with Crippen molar-refractivity contribution in [1.82, 2.24) is 19.6 Å². The predicted molar refractivity (Wildman–Crippen MR) is 99.5 cm³/mol. The summed E-state index contributed by atoms with van der Waals surface area (Å²) in [5, 5.41) is 4.32. The van der Waals surface area contributed by atoms with Gasteiger partial charge in [-0.2, -0.15) is 5.10 Å². The van der Waals surface area contributed by atoms with Gasteiger partial charge in [-0.05, 0) is 38.8 Å². The number of nitrogens with zero attached hydrogens (tertiary/aromatic N) is 4. The van der Waals surface area contributed by atoms with E-state index in [0.29, 0.717) is 11.7 Å². The van der Waals surface area contributed by atoms with Crippen molar-refractivity contribution < 1.29 is 4.79 Å². The number of carbonyl (C=O) groups is 1. The van der Waals surface area contributed by atoms with Crippen LogP contribution in [0.25, 0.3) is 0 Å². The largest absolute Gasteiger partial charge is 0.333 e. The number of rotatable bonds is 5. The van der Waals surface area contributed by atoms with Crippen molar-refractivity contribution in [3.8, 4) is 0 Å². The average Bonchev–Trinajstić information content (AvgIpc) is 3.22. The number of hydrogen-bond acceptors (Lipinski definition) is 3. The summed E-state index contributed by atoms with van der Waals surface area (Å²) in [5.41, 5.74) is 2.89. The van der Waals surface area contributed by atoms with Gasteiger partial charge in [0, 0.05) is 38.8 Å². The molecule has 2 atom stereocenters. The van der Waals surface area contributed by atoms with Crippen LogP contribution in [0.1, 0.15) is 48.1 Å². The van der Waals surface area contributed by atoms with Crippen LogP contribution in [0.5, 0.6) is 0 Å². The van der Waals surface area contributed by atoms with E-state index in [1.165, 1.54) is 5.56 Å². The molecule has 0 spiro atoms. The molecular formula is C20H28N4O. The summed E-state index contributed by atoms with van der Waals surface area (Å²) in [7, 11) is 1.84. The van der Waals surface area contributed by atoms with Gasteiger partial charge >= 0.3 is 0 Å². The van der Waals surface area contributed by atoms with Crippen molar-refractivity contribution in [2.24, 2.45) is 7.05 Å². The van der Waals surface area contributed by atoms with Crippen molar-refractivity contribution in [2.45, 2.75) is 39.3 Å². The molecule has 2 aromatic rings. The quantitative estimate of drug-likeness (QED) is 0.840. The molecule has 1 aliphatic heterocycles. The fourth-order valence-electron chi connectivity index (χ4n) is 3.84. The zero-order valence-electron chi connectivity index (χ0n) is 15.6. The van der Waals surface area contributed by atoms with Gasteiger partial charge in [0.25, 0.3) is 5.91 Å². The topological polar surface area (TPSA) is 41.4 Å². The first kappa shape index (κ1) is 17.7. The van der Waals surface area contributed by atoms with E-state index >= 15 is 0 Å². The first-order valence-corrected chi connectivity index (χ1v) is 9.11. The van der Waals surface area contributed by atoms with E-state index in [0.717, 1.165) is 31.7 Å². The molecule has 0 unspecified atom stereocenters. The molecule has 1 saturated heterocycles. The number of carbonyl (C=O) groups excluding carboxylic acids is 1. The molecule has 1 aromatic heterocycles. The minimum absolute atomic E-state index is 0.0878. The van der Waals surface area contributed by atoms with Gasteiger partial charge in [-0.3, -0.25) is 14.4 Å². The Morgan fingerprint density at radius 1 is 1.36 bits per heavy atom. The van der Waals surface area contributed by atoms with Crippen LogP contribution in [-0.2, 0) is 7.05 Å². The van der Waals surface area contributed by atoms with Crippen LogP contribution in [0.15, 0.2) is 36.4 Å². The van der Waals surface area contributed by atoms with E-state index in [1.807, 2.05) is 24.9 Å². The highest BCUT2D eigenvalue weighted by Crippen LogP contribution is 2.27. The number of hydrogen-bond donors (Lipinski definition) is 0. The predicted octanol–water partition coefficient (Wildman–Crippen LogP) is 3.03. The number of likely N-dealkylation sites (tertiary alicyclic amines) is 1. The zero-order valence-corrected chi connectivity index (χ0v) is 15.6. The first-order valence-electron chi connectivity index (χ1n) is 9.11. The SMILES string of the molecule is CCN(C(=O)c1cc(C)nn1C)[C@H]1CCN([C@@H](C)c2ccccc2)C1. The minimum Gasteiger partial charge on any atom is -0.333 e. The Balaban J connectivity index is 1.71. The third kappa shape index (κ3) is 3.61. The summed E-state index contributed by atoms with van der Waals surface area (Å²) in [6.07, 6.45) is 1.02. The maximum Gasteiger partial charge on any atom is 0.272 e. The van der Waals surface area contributed by atoms with Gasteiger partial charge in [-0.1, -0.05) is 30.3 Å². The molecule has 0 N–H and O–H groups in total. The molecule has 5 nitrogen and oxygen atoms in total. The maximum atomic E-state index is 13.0. The lowest BCUT2D eigenvalue weighted by atomic mass is 10.1. The Bertz CT molecular complexity index is 725. The number of amides is 1. The van der Waals surface area contributed by atoms with Gasteiger partial charge in [0.2, 0.25) is 0 Å². The molecular weight excluding hydrogens is 312 g/mol. The molecule has 5 heteroatoms. The summed E-state index contributed by atoms with van der Waals surface area (Å²) < 4.78 is 1.69. The summed E-state index contributed by atoms with van der Waals surface area (Å²) in [5.74, 6) is 0.0878. The zero-order chi connectivity index (χ0) is 18.0. The van der Waals surface area contributed by atoms with Crippen molar-refractivity contribution >= 4 is 5.91 Å². The van der Waals surface area contributed by atoms with Crippen LogP contribution >= 0.6 is 0 Å². The monoisotopic (exact) mass is 340 g/mol. The van der Waals surface area contributed by atoms with E-state index in [2.05, 4.69) is 54.2 Å². The van der Waals surface area contributed by atoms with E-state index in [1.54, 1.807) is 4.68 Å². The third-order valence-electron chi connectivity index (χ3n) is 5.29. The lowest BCUT2D eigenvalue weighted by Gasteiger charge is -2.29. The highest BCUT2D eigenvalue weighted by Gasteiger charge is 2.33. The average molecular weight is 340 g/mol. The molecule has 1 aliphatic rings. The Hall–Kier alpha value is -2.14. The summed E-state index contributed by atoms with van der Waals surface area (Å²) in [6.45, 7) is 8.90. The van der Waals surface area contributed by atoms with Crippen LogP contribution in [-0.4, -0.2) is 51.2 Å². The van der Waals surface area contributed by atoms with E-state index in [-0.39, 0.29) is 11.9 Å². The second-order valence-corrected chi connectivity index (χ2v) is 6.91. The van der Waals surface area contributed by atoms with Crippen LogP contribution in [0.2, 0.25) is 0 Å². The van der Waals surface area contributed by atoms with Crippen LogP contribution in [0.3, 0.4) is 0 Å². The number of aryl methyl sites for hydroxylation is 2. The lowest BCUT2D eigenvalue weighted by Crippen LogP contribution is -2.42. The normalized spacial score (nSPS) is 19.1. The molecule has 134 valence electrons. The third-order valence-corrected chi connectivity index (χ3v) is 5.29. The number of aromatic nitrogens is 2. The van der Waals surface area contributed by atoms with Gasteiger partial charge in [0.1, 0.15) is 5.69 Å². The van der Waals surface area contributed by atoms with Crippen LogP contribution in [0, 0.1) is 6.92 Å². The van der Waals surface area contributed by atoms with E-state index in [4.69, 9.17) is 0 Å². The number of likely N-dealkylation sites (N-methyl/N-ethyl adjacent to an activating group) is 1. The molecule has 1 fully saturated rings. The fraction of sp³-hybridized carbons (Fsp3) is 0.500. The van der Waals surface area contributed by atoms with Crippen LogP contribution < -0.4 is 0 Å². The molecule has 0 aliphatic carbocycles. The molecule has 0 radical (unpaired) electrons. The van der Waals surface area contributed by atoms with Crippen molar-refractivity contribution in [2.75, 3.05) is 19.6 Å². The van der Waals surface area contributed by atoms with Gasteiger partial charge in [0.05, 0.1) is 5.69 Å². The molecule has 0 saturated carbocycles. The molecule has 1 aromatic carbocycles. The van der Waals surface area contributed by atoms with Crippen molar-refractivity contribution in [3.05, 3.63) is 53.3 Å². The Kier molecular flexibility index (Phi) is 5.23. The van der Waals surface area contributed by atoms with Gasteiger partial charge in [-0.15, -0.1) is 0 Å². The standard InChI is InChI=1S/C20H28N4O/c1-5-24(20(25)19-13-15(2)21-22(19)4)18-11-12-23(14-18)16(3)17-9-7-6-8-10-17/h6-10,13,16,18H,5,11-12,14H2,1-4H3/t16-,18-/m0/s1. The molecule has 2 heterocycles. The molecule has 3 rings (SSSR count). The number of benzene rings is 1. The summed E-state index contributed by atoms with van der Waals surface area (Å²) in [6, 6.07) is 13.1. The smallest absolute Gasteiger partial charge is 0.272 e. The maximum absolute atomic E-state index is 13.0. The second kappa shape index (κ2) is 7.40.